The Morgan fingerprint density at radius 3 is 2.41 bits per heavy atom. The highest BCUT2D eigenvalue weighted by molar-refractivity contribution is 5.75. The second kappa shape index (κ2) is 5.17. The lowest BCUT2D eigenvalue weighted by Crippen LogP contribution is -2.18. The third kappa shape index (κ3) is 2.40. The smallest absolute Gasteiger partial charge is 0.162 e. The summed E-state index contributed by atoms with van der Waals surface area (Å²) in [5, 5.41) is 6.95. The average molecular weight is 236 g/mol. The zero-order chi connectivity index (χ0) is 12.3. The van der Waals surface area contributed by atoms with Gasteiger partial charge in [-0.25, -0.2) is 0 Å². The van der Waals surface area contributed by atoms with Crippen LogP contribution < -0.4 is 20.1 Å². The fourth-order valence-electron chi connectivity index (χ4n) is 2.12. The van der Waals surface area contributed by atoms with Gasteiger partial charge in [-0.3, -0.25) is 0 Å². The van der Waals surface area contributed by atoms with E-state index in [1.54, 1.807) is 14.2 Å². The Morgan fingerprint density at radius 2 is 1.82 bits per heavy atom. The highest BCUT2D eigenvalue weighted by atomic mass is 16.5. The number of fused-ring (bicyclic) bond motifs is 1. The Bertz CT molecular complexity index is 393. The SMILES string of the molecule is CCC1CCNc2cc(OC)c(OC)cc2N1. The minimum Gasteiger partial charge on any atom is -0.493 e. The first-order valence-corrected chi connectivity index (χ1v) is 6.05. The van der Waals surface area contributed by atoms with Gasteiger partial charge in [-0.1, -0.05) is 6.92 Å². The molecule has 0 spiro atoms. The van der Waals surface area contributed by atoms with Crippen LogP contribution in [0.15, 0.2) is 12.1 Å². The summed E-state index contributed by atoms with van der Waals surface area (Å²) < 4.78 is 10.6. The van der Waals surface area contributed by atoms with E-state index in [2.05, 4.69) is 17.6 Å². The molecule has 1 atom stereocenters. The lowest BCUT2D eigenvalue weighted by Gasteiger charge is -2.17. The summed E-state index contributed by atoms with van der Waals surface area (Å²) in [4.78, 5) is 0. The zero-order valence-electron chi connectivity index (χ0n) is 10.7. The summed E-state index contributed by atoms with van der Waals surface area (Å²) in [6.07, 6.45) is 2.24. The highest BCUT2D eigenvalue weighted by Gasteiger charge is 2.17. The molecule has 1 unspecified atom stereocenters. The van der Waals surface area contributed by atoms with E-state index in [1.807, 2.05) is 12.1 Å². The number of nitrogens with one attached hydrogen (secondary N) is 2. The third-order valence-corrected chi connectivity index (χ3v) is 3.18. The molecule has 94 valence electrons. The molecule has 4 nitrogen and oxygen atoms in total. The molecule has 0 amide bonds. The van der Waals surface area contributed by atoms with Gasteiger partial charge in [-0.05, 0) is 12.8 Å². The van der Waals surface area contributed by atoms with Crippen molar-refractivity contribution < 1.29 is 9.47 Å². The molecule has 17 heavy (non-hydrogen) atoms. The zero-order valence-corrected chi connectivity index (χ0v) is 10.7. The second-order valence-corrected chi connectivity index (χ2v) is 4.22. The molecule has 2 N–H and O–H groups in total. The quantitative estimate of drug-likeness (QED) is 0.846. The Balaban J connectivity index is 2.36. The summed E-state index contributed by atoms with van der Waals surface area (Å²) in [5.41, 5.74) is 2.17. The Hall–Kier alpha value is -1.58. The van der Waals surface area contributed by atoms with Crippen LogP contribution in [-0.4, -0.2) is 26.8 Å². The van der Waals surface area contributed by atoms with Crippen LogP contribution in [0.2, 0.25) is 0 Å². The Morgan fingerprint density at radius 1 is 1.18 bits per heavy atom. The van der Waals surface area contributed by atoms with Gasteiger partial charge in [0.25, 0.3) is 0 Å². The van der Waals surface area contributed by atoms with Crippen LogP contribution in [0.4, 0.5) is 11.4 Å². The van der Waals surface area contributed by atoms with Crippen LogP contribution in [0, 0.1) is 0 Å². The topological polar surface area (TPSA) is 42.5 Å². The van der Waals surface area contributed by atoms with E-state index < -0.39 is 0 Å². The van der Waals surface area contributed by atoms with E-state index in [-0.39, 0.29) is 0 Å². The summed E-state index contributed by atoms with van der Waals surface area (Å²) in [6.45, 7) is 3.18. The van der Waals surface area contributed by atoms with E-state index in [0.717, 1.165) is 42.3 Å². The average Bonchev–Trinajstić information content (AvgIpc) is 2.57. The van der Waals surface area contributed by atoms with Crippen molar-refractivity contribution in [1.29, 1.82) is 0 Å². The molecule has 4 heteroatoms. The fourth-order valence-corrected chi connectivity index (χ4v) is 2.12. The molecular weight excluding hydrogens is 216 g/mol. The normalized spacial score (nSPS) is 18.4. The maximum Gasteiger partial charge on any atom is 0.162 e. The number of hydrogen-bond acceptors (Lipinski definition) is 4. The van der Waals surface area contributed by atoms with E-state index >= 15 is 0 Å². The van der Waals surface area contributed by atoms with Gasteiger partial charge < -0.3 is 20.1 Å². The molecule has 0 fully saturated rings. The molecule has 1 heterocycles. The van der Waals surface area contributed by atoms with Gasteiger partial charge in [0.2, 0.25) is 0 Å². The summed E-state index contributed by atoms with van der Waals surface area (Å²) in [6, 6.07) is 4.50. The van der Waals surface area contributed by atoms with Crippen LogP contribution in [-0.2, 0) is 0 Å². The van der Waals surface area contributed by atoms with Gasteiger partial charge in [-0.2, -0.15) is 0 Å². The lowest BCUT2D eigenvalue weighted by atomic mass is 10.1. The molecule has 1 aliphatic rings. The highest BCUT2D eigenvalue weighted by Crippen LogP contribution is 2.37. The van der Waals surface area contributed by atoms with Crippen LogP contribution in [0.5, 0.6) is 11.5 Å². The number of anilines is 2. The molecule has 1 aromatic rings. The fraction of sp³-hybridized carbons (Fsp3) is 0.538. The molecule has 1 aliphatic heterocycles. The van der Waals surface area contributed by atoms with Gasteiger partial charge >= 0.3 is 0 Å². The van der Waals surface area contributed by atoms with Gasteiger partial charge in [0.05, 0.1) is 25.6 Å². The van der Waals surface area contributed by atoms with Crippen LogP contribution in [0.1, 0.15) is 19.8 Å². The molecule has 1 aromatic carbocycles. The van der Waals surface area contributed by atoms with Crippen molar-refractivity contribution in [3.8, 4) is 11.5 Å². The lowest BCUT2D eigenvalue weighted by molar-refractivity contribution is 0.355. The van der Waals surface area contributed by atoms with Gasteiger partial charge in [0, 0.05) is 24.7 Å². The van der Waals surface area contributed by atoms with E-state index in [4.69, 9.17) is 9.47 Å². The van der Waals surface area contributed by atoms with Gasteiger partial charge in [0.15, 0.2) is 11.5 Å². The summed E-state index contributed by atoms with van der Waals surface area (Å²) >= 11 is 0. The number of methoxy groups -OCH3 is 2. The minimum atomic E-state index is 0.516. The van der Waals surface area contributed by atoms with E-state index in [9.17, 15) is 0 Å². The molecule has 0 saturated heterocycles. The first-order chi connectivity index (χ1) is 8.28. The molecular formula is C13H20N2O2. The number of ether oxygens (including phenoxy) is 2. The van der Waals surface area contributed by atoms with Crippen molar-refractivity contribution in [3.63, 3.8) is 0 Å². The Labute approximate surface area is 102 Å². The maximum absolute atomic E-state index is 5.32. The second-order valence-electron chi connectivity index (χ2n) is 4.22. The minimum absolute atomic E-state index is 0.516. The molecule has 2 rings (SSSR count). The number of hydrogen-bond donors (Lipinski definition) is 2. The Kier molecular flexibility index (Phi) is 3.61. The molecule has 0 bridgehead atoms. The first kappa shape index (κ1) is 11.9. The van der Waals surface area contributed by atoms with Crippen molar-refractivity contribution in [2.45, 2.75) is 25.8 Å². The summed E-state index contributed by atoms with van der Waals surface area (Å²) in [7, 11) is 3.31. The molecule has 0 aliphatic carbocycles. The van der Waals surface area contributed by atoms with Gasteiger partial charge in [0.1, 0.15) is 0 Å². The standard InChI is InChI=1S/C13H20N2O2/c1-4-9-5-6-14-10-7-12(16-2)13(17-3)8-11(10)15-9/h7-9,14-15H,4-6H2,1-3H3. The monoisotopic (exact) mass is 236 g/mol. The van der Waals surface area contributed by atoms with Crippen LogP contribution in [0.25, 0.3) is 0 Å². The van der Waals surface area contributed by atoms with Crippen molar-refractivity contribution in [3.05, 3.63) is 12.1 Å². The summed E-state index contributed by atoms with van der Waals surface area (Å²) in [5.74, 6) is 1.52. The van der Waals surface area contributed by atoms with E-state index in [1.165, 1.54) is 0 Å². The predicted octanol–water partition coefficient (Wildman–Crippen LogP) is 2.71. The molecule has 0 saturated carbocycles. The number of benzene rings is 1. The largest absolute Gasteiger partial charge is 0.493 e. The molecule has 0 radical (unpaired) electrons. The van der Waals surface area contributed by atoms with Crippen molar-refractivity contribution in [2.24, 2.45) is 0 Å². The first-order valence-electron chi connectivity index (χ1n) is 6.05. The van der Waals surface area contributed by atoms with Crippen molar-refractivity contribution >= 4 is 11.4 Å². The number of rotatable bonds is 3. The third-order valence-electron chi connectivity index (χ3n) is 3.18. The van der Waals surface area contributed by atoms with Gasteiger partial charge in [-0.15, -0.1) is 0 Å². The predicted molar refractivity (Wildman–Crippen MR) is 70.4 cm³/mol. The van der Waals surface area contributed by atoms with E-state index in [0.29, 0.717) is 6.04 Å². The maximum atomic E-state index is 5.32. The van der Waals surface area contributed by atoms with Crippen LogP contribution >= 0.6 is 0 Å². The van der Waals surface area contributed by atoms with Crippen LogP contribution in [0.3, 0.4) is 0 Å². The van der Waals surface area contributed by atoms with Crippen molar-refractivity contribution in [2.75, 3.05) is 31.4 Å². The molecule has 0 aromatic heterocycles. The van der Waals surface area contributed by atoms with Crippen molar-refractivity contribution in [1.82, 2.24) is 0 Å².